The molecule has 0 bridgehead atoms. The topological polar surface area (TPSA) is 138 Å². The standard InChI is InChI=1S/C41H34N4O8S2/c1-2-29(23-40-44(27-30-11-3-5-13-38(30)54-53-52-46)34-25-32(15-17-36(34)50-40)42-19-7-8-20-42)24-41-45(28-31-12-4-6-14-39(31)55(47,48)49)35-26-33(16-18-37(35)51-41)43-21-9-10-22-43/h3-26H,2,27-28H2,1H3,(H-,46,47,48,49)/p-1. The van der Waals surface area contributed by atoms with E-state index in [1.54, 1.807) is 12.1 Å². The molecule has 0 atom stereocenters. The molecule has 0 N–H and O–H groups in total. The predicted molar refractivity (Wildman–Crippen MR) is 203 cm³/mol. The number of oxazole rings is 1. The minimum atomic E-state index is -4.75. The lowest BCUT2D eigenvalue weighted by Crippen LogP contribution is -2.36. The summed E-state index contributed by atoms with van der Waals surface area (Å²) in [5.74, 6) is 1.57. The van der Waals surface area contributed by atoms with Crippen LogP contribution in [-0.2, 0) is 32.6 Å². The zero-order chi connectivity index (χ0) is 37.9. The summed E-state index contributed by atoms with van der Waals surface area (Å²) in [6, 6.07) is 33.3. The first-order valence-electron chi connectivity index (χ1n) is 17.3. The van der Waals surface area contributed by atoms with Crippen molar-refractivity contribution in [2.24, 2.45) is 0 Å². The van der Waals surface area contributed by atoms with Crippen molar-refractivity contribution in [1.29, 1.82) is 0 Å². The third-order valence-electron chi connectivity index (χ3n) is 9.28. The molecule has 14 heteroatoms. The van der Waals surface area contributed by atoms with E-state index in [2.05, 4.69) is 20.0 Å². The number of benzene rings is 4. The lowest BCUT2D eigenvalue weighted by molar-refractivity contribution is -0.777. The van der Waals surface area contributed by atoms with Crippen LogP contribution in [0.4, 0.5) is 5.69 Å². The lowest BCUT2D eigenvalue weighted by atomic mass is 10.1. The Kier molecular flexibility index (Phi) is 10.2. The lowest BCUT2D eigenvalue weighted by Gasteiger charge is -2.22. The van der Waals surface area contributed by atoms with Gasteiger partial charge in [-0.1, -0.05) is 43.3 Å². The van der Waals surface area contributed by atoms with E-state index in [9.17, 15) is 18.2 Å². The maximum atomic E-state index is 12.3. The molecule has 0 amide bonds. The van der Waals surface area contributed by atoms with E-state index in [0.29, 0.717) is 52.2 Å². The van der Waals surface area contributed by atoms with Gasteiger partial charge in [0.25, 0.3) is 5.52 Å². The van der Waals surface area contributed by atoms with Crippen LogP contribution in [0.3, 0.4) is 0 Å². The number of ether oxygens (including phenoxy) is 1. The number of nitrogens with zero attached hydrogens (tertiary/aromatic N) is 4. The second-order valence-electron chi connectivity index (χ2n) is 12.6. The van der Waals surface area contributed by atoms with Crippen LogP contribution in [0.2, 0.25) is 0 Å². The summed E-state index contributed by atoms with van der Waals surface area (Å²) in [6.45, 7) is 2.44. The molecule has 0 unspecified atom stereocenters. The average molecular weight is 774 g/mol. The van der Waals surface area contributed by atoms with E-state index >= 15 is 0 Å². The SMILES string of the molecule is CCC(=Cc1oc2ccc(-n3cccc3)cc2[n+]1Cc1ccccc1SOO[O-])C=C1Oc2ccc(-n3cccc3)cc2N1Cc1ccccc1S(=O)(=O)[O-]. The van der Waals surface area contributed by atoms with Gasteiger partial charge in [0.05, 0.1) is 40.9 Å². The Morgan fingerprint density at radius 2 is 1.53 bits per heavy atom. The first kappa shape index (κ1) is 36.1. The van der Waals surface area contributed by atoms with Gasteiger partial charge in [-0.25, -0.2) is 8.42 Å². The summed E-state index contributed by atoms with van der Waals surface area (Å²) in [5.41, 5.74) is 6.06. The largest absolute Gasteiger partial charge is 0.744 e. The summed E-state index contributed by atoms with van der Waals surface area (Å²) in [4.78, 5) is 2.28. The monoisotopic (exact) mass is 773 g/mol. The zero-order valence-electron chi connectivity index (χ0n) is 29.3. The van der Waals surface area contributed by atoms with Gasteiger partial charge in [0, 0.05) is 53.1 Å². The quantitative estimate of drug-likeness (QED) is 0.0388. The van der Waals surface area contributed by atoms with Crippen LogP contribution in [0, 0.1) is 0 Å². The van der Waals surface area contributed by atoms with Crippen LogP contribution in [0.5, 0.6) is 5.75 Å². The number of hydrogen-bond donors (Lipinski definition) is 0. The van der Waals surface area contributed by atoms with Gasteiger partial charge in [0.15, 0.2) is 12.3 Å². The highest BCUT2D eigenvalue weighted by atomic mass is 32.2. The van der Waals surface area contributed by atoms with Crippen molar-refractivity contribution in [2.75, 3.05) is 4.90 Å². The molecular formula is C41H33N4O8S2-. The Morgan fingerprint density at radius 3 is 2.24 bits per heavy atom. The third-order valence-corrected chi connectivity index (χ3v) is 10.9. The van der Waals surface area contributed by atoms with Gasteiger partial charge in [0.1, 0.15) is 10.1 Å². The van der Waals surface area contributed by atoms with E-state index in [1.165, 1.54) is 12.1 Å². The fourth-order valence-electron chi connectivity index (χ4n) is 6.60. The van der Waals surface area contributed by atoms with Crippen LogP contribution < -0.4 is 19.5 Å². The molecular weight excluding hydrogens is 741 g/mol. The van der Waals surface area contributed by atoms with Crippen molar-refractivity contribution >= 4 is 45.0 Å². The minimum Gasteiger partial charge on any atom is -0.744 e. The molecule has 55 heavy (non-hydrogen) atoms. The fourth-order valence-corrected chi connectivity index (χ4v) is 7.78. The number of allylic oxidation sites excluding steroid dienone is 2. The molecule has 278 valence electrons. The summed E-state index contributed by atoms with van der Waals surface area (Å²) in [6.07, 6.45) is 12.2. The summed E-state index contributed by atoms with van der Waals surface area (Å²) in [5, 5.41) is 14.3. The molecule has 0 spiro atoms. The molecule has 3 aromatic heterocycles. The van der Waals surface area contributed by atoms with Gasteiger partial charge in [-0.05, 0) is 84.3 Å². The first-order valence-corrected chi connectivity index (χ1v) is 19.4. The molecule has 0 aliphatic carbocycles. The maximum absolute atomic E-state index is 12.3. The second kappa shape index (κ2) is 15.5. The van der Waals surface area contributed by atoms with Gasteiger partial charge in [-0.15, -0.1) is 0 Å². The van der Waals surface area contributed by atoms with Crippen LogP contribution in [0.1, 0.15) is 30.4 Å². The molecule has 0 saturated heterocycles. The summed E-state index contributed by atoms with van der Waals surface area (Å²) < 4.78 is 60.7. The van der Waals surface area contributed by atoms with E-state index in [4.69, 9.17) is 9.15 Å². The highest BCUT2D eigenvalue weighted by Crippen LogP contribution is 2.42. The maximum Gasteiger partial charge on any atom is 0.374 e. The first-order chi connectivity index (χ1) is 26.8. The van der Waals surface area contributed by atoms with Crippen molar-refractivity contribution in [1.82, 2.24) is 9.13 Å². The van der Waals surface area contributed by atoms with Gasteiger partial charge in [-0.3, -0.25) is 5.04 Å². The number of aromatic nitrogens is 3. The summed E-state index contributed by atoms with van der Waals surface area (Å²) in [7, 11) is -4.75. The Labute approximate surface area is 321 Å². The molecule has 0 saturated carbocycles. The highest BCUT2D eigenvalue weighted by Gasteiger charge is 2.29. The number of fused-ring (bicyclic) bond motifs is 2. The molecule has 0 radical (unpaired) electrons. The van der Waals surface area contributed by atoms with Gasteiger partial charge < -0.3 is 33.0 Å². The Hall–Kier alpha value is -5.87. The molecule has 0 fully saturated rings. The van der Waals surface area contributed by atoms with Crippen molar-refractivity contribution in [3.8, 4) is 17.1 Å². The molecule has 1 aliphatic heterocycles. The zero-order valence-corrected chi connectivity index (χ0v) is 31.0. The van der Waals surface area contributed by atoms with Crippen LogP contribution in [0.15, 0.2) is 166 Å². The minimum absolute atomic E-state index is 0.0546. The van der Waals surface area contributed by atoms with Gasteiger partial charge in [0.2, 0.25) is 11.5 Å². The van der Waals surface area contributed by atoms with E-state index in [1.807, 2.05) is 137 Å². The van der Waals surface area contributed by atoms with Crippen molar-refractivity contribution < 1.29 is 41.3 Å². The van der Waals surface area contributed by atoms with E-state index in [0.717, 1.165) is 40.1 Å². The molecule has 7 aromatic rings. The van der Waals surface area contributed by atoms with Crippen LogP contribution in [0.25, 0.3) is 28.6 Å². The third kappa shape index (κ3) is 7.59. The van der Waals surface area contributed by atoms with Crippen molar-refractivity contribution in [2.45, 2.75) is 36.2 Å². The molecule has 4 heterocycles. The highest BCUT2D eigenvalue weighted by molar-refractivity contribution is 7.94. The Bertz CT molecular complexity index is 2650. The number of hydrogen-bond acceptors (Lipinski definition) is 10. The van der Waals surface area contributed by atoms with Gasteiger partial charge >= 0.3 is 5.89 Å². The van der Waals surface area contributed by atoms with E-state index < -0.39 is 10.1 Å². The van der Waals surface area contributed by atoms with Crippen LogP contribution in [-0.4, -0.2) is 22.1 Å². The molecule has 1 aliphatic rings. The molecule has 4 aromatic carbocycles. The smallest absolute Gasteiger partial charge is 0.374 e. The second-order valence-corrected chi connectivity index (χ2v) is 14.7. The normalized spacial score (nSPS) is 13.8. The van der Waals surface area contributed by atoms with E-state index in [-0.39, 0.29) is 11.4 Å². The predicted octanol–water partition coefficient (Wildman–Crippen LogP) is 7.22. The van der Waals surface area contributed by atoms with Crippen molar-refractivity contribution in [3.05, 3.63) is 169 Å². The summed E-state index contributed by atoms with van der Waals surface area (Å²) >= 11 is 0.830. The Balaban J connectivity index is 1.24. The molecule has 8 rings (SSSR count). The van der Waals surface area contributed by atoms with Crippen LogP contribution >= 0.6 is 12.0 Å². The number of rotatable bonds is 13. The average Bonchev–Trinajstić information content (AvgIpc) is 4.02. The number of anilines is 1. The fraction of sp³-hybridized carbons (Fsp3) is 0.0976. The van der Waals surface area contributed by atoms with Crippen molar-refractivity contribution in [3.63, 3.8) is 0 Å². The molecule has 12 nitrogen and oxygen atoms in total. The Morgan fingerprint density at radius 1 is 0.855 bits per heavy atom. The van der Waals surface area contributed by atoms with Gasteiger partial charge in [-0.2, -0.15) is 8.90 Å².